The van der Waals surface area contributed by atoms with Crippen molar-refractivity contribution in [1.29, 1.82) is 0 Å². The highest BCUT2D eigenvalue weighted by molar-refractivity contribution is 6.01. The zero-order chi connectivity index (χ0) is 29.9. The van der Waals surface area contributed by atoms with Crippen molar-refractivity contribution >= 4 is 17.9 Å². The summed E-state index contributed by atoms with van der Waals surface area (Å²) in [4.78, 5) is 19.4. The van der Waals surface area contributed by atoms with Crippen LogP contribution in [0.4, 0.5) is 0 Å². The second-order valence-corrected chi connectivity index (χ2v) is 10.3. The molecule has 7 nitrogen and oxygen atoms in total. The van der Waals surface area contributed by atoms with Gasteiger partial charge in [-0.05, 0) is 53.1 Å². The van der Waals surface area contributed by atoms with Gasteiger partial charge in [-0.3, -0.25) is 4.79 Å². The number of carbonyl (C=O) groups excluding carboxylic acids is 1. The normalized spacial score (nSPS) is 17.7. The van der Waals surface area contributed by atoms with Gasteiger partial charge in [0.05, 0.1) is 13.7 Å². The molecule has 0 aromatic heterocycles. The lowest BCUT2D eigenvalue weighted by Crippen LogP contribution is -2.47. The lowest BCUT2D eigenvalue weighted by Gasteiger charge is -2.30. The van der Waals surface area contributed by atoms with Crippen molar-refractivity contribution in [2.75, 3.05) is 20.3 Å². The fourth-order valence-corrected chi connectivity index (χ4v) is 4.99. The van der Waals surface area contributed by atoms with Gasteiger partial charge in [-0.1, -0.05) is 84.9 Å². The van der Waals surface area contributed by atoms with E-state index in [0.717, 1.165) is 22.3 Å². The molecule has 0 aliphatic carbocycles. The summed E-state index contributed by atoms with van der Waals surface area (Å²) in [5, 5.41) is 12.2. The van der Waals surface area contributed by atoms with E-state index in [9.17, 15) is 4.79 Å². The fourth-order valence-electron chi connectivity index (χ4n) is 4.99. The molecule has 1 heterocycles. The molecular weight excluding hydrogens is 540 g/mol. The van der Waals surface area contributed by atoms with E-state index in [0.29, 0.717) is 43.4 Å². The molecule has 0 unspecified atom stereocenters. The van der Waals surface area contributed by atoms with Gasteiger partial charge >= 0.3 is 0 Å². The first-order chi connectivity index (χ1) is 21.1. The van der Waals surface area contributed by atoms with E-state index in [2.05, 4.69) is 5.32 Å². The van der Waals surface area contributed by atoms with Crippen LogP contribution in [0.25, 0.3) is 6.08 Å². The smallest absolute Gasteiger partial charge is 0.252 e. The van der Waals surface area contributed by atoms with Crippen molar-refractivity contribution in [3.63, 3.8) is 0 Å². The van der Waals surface area contributed by atoms with Gasteiger partial charge in [0.2, 0.25) is 5.90 Å². The minimum absolute atomic E-state index is 0.0710. The van der Waals surface area contributed by atoms with Crippen molar-refractivity contribution in [3.05, 3.63) is 138 Å². The fraction of sp³-hybridized carbons (Fsp3) is 0.222. The third kappa shape index (κ3) is 7.31. The topological polar surface area (TPSA) is 89.4 Å². The first-order valence-electron chi connectivity index (χ1n) is 14.4. The van der Waals surface area contributed by atoms with E-state index in [4.69, 9.17) is 24.3 Å². The number of hydrogen-bond donors (Lipinski definition) is 2. The highest BCUT2D eigenvalue weighted by Crippen LogP contribution is 2.43. The molecule has 0 radical (unpaired) electrons. The van der Waals surface area contributed by atoms with Gasteiger partial charge in [-0.15, -0.1) is 0 Å². The van der Waals surface area contributed by atoms with E-state index >= 15 is 0 Å². The first kappa shape index (κ1) is 29.6. The lowest BCUT2D eigenvalue weighted by molar-refractivity contribution is -0.129. The molecule has 0 fully saturated rings. The minimum Gasteiger partial charge on any atom is -0.497 e. The van der Waals surface area contributed by atoms with E-state index in [1.165, 1.54) is 0 Å². The van der Waals surface area contributed by atoms with Crippen LogP contribution < -0.4 is 14.8 Å². The maximum atomic E-state index is 14.3. The summed E-state index contributed by atoms with van der Waals surface area (Å²) in [7, 11) is 1.61. The number of amides is 1. The summed E-state index contributed by atoms with van der Waals surface area (Å²) < 4.78 is 17.8. The summed E-state index contributed by atoms with van der Waals surface area (Å²) in [6, 6.07) is 34.8. The van der Waals surface area contributed by atoms with Crippen molar-refractivity contribution in [3.8, 4) is 11.5 Å². The number of aliphatic imine (C=N–C) groups is 1. The van der Waals surface area contributed by atoms with Crippen molar-refractivity contribution in [2.45, 2.75) is 31.0 Å². The van der Waals surface area contributed by atoms with E-state index in [-0.39, 0.29) is 12.5 Å². The standard InChI is InChI=1S/C36H36N2O5/c1-41-32-17-8-16-30(25-32)33-36(22-9-15-27-11-4-2-5-12-27,35(40)37-26-28-13-6-3-7-14-28)38-34(43-33)29-18-20-31(21-19-29)42-24-10-23-39/h2-9,11-21,25,33,39H,10,22-24,26H2,1H3,(H,37,40)/b15-9+/t33-,36-/m1/s1. The maximum Gasteiger partial charge on any atom is 0.252 e. The summed E-state index contributed by atoms with van der Waals surface area (Å²) in [5.74, 6) is 1.48. The third-order valence-corrected chi connectivity index (χ3v) is 7.26. The Hall–Kier alpha value is -4.88. The average Bonchev–Trinajstić information content (AvgIpc) is 3.46. The van der Waals surface area contributed by atoms with Crippen LogP contribution in [0.1, 0.15) is 41.2 Å². The summed E-state index contributed by atoms with van der Waals surface area (Å²) in [6.07, 6.45) is 4.13. The van der Waals surface area contributed by atoms with Gasteiger partial charge in [0.1, 0.15) is 11.5 Å². The highest BCUT2D eigenvalue weighted by atomic mass is 16.5. The van der Waals surface area contributed by atoms with Gasteiger partial charge < -0.3 is 24.6 Å². The van der Waals surface area contributed by atoms with E-state index in [1.54, 1.807) is 7.11 Å². The first-order valence-corrected chi connectivity index (χ1v) is 14.4. The molecule has 5 rings (SSSR count). The molecule has 4 aromatic rings. The Balaban J connectivity index is 1.53. The summed E-state index contributed by atoms with van der Waals surface area (Å²) in [6.45, 7) is 0.852. The predicted octanol–water partition coefficient (Wildman–Crippen LogP) is 6.13. The van der Waals surface area contributed by atoms with Crippen LogP contribution in [-0.2, 0) is 16.1 Å². The second kappa shape index (κ2) is 14.3. The van der Waals surface area contributed by atoms with Crippen LogP contribution in [0.15, 0.2) is 120 Å². The molecule has 0 spiro atoms. The number of rotatable bonds is 13. The summed E-state index contributed by atoms with van der Waals surface area (Å²) >= 11 is 0. The van der Waals surface area contributed by atoms with Crippen molar-refractivity contribution in [1.82, 2.24) is 5.32 Å². The number of carbonyl (C=O) groups is 1. The molecular formula is C36H36N2O5. The number of methoxy groups -OCH3 is 1. The number of benzene rings is 4. The van der Waals surface area contributed by atoms with Gasteiger partial charge in [-0.25, -0.2) is 4.99 Å². The van der Waals surface area contributed by atoms with Gasteiger partial charge in [0.15, 0.2) is 11.6 Å². The number of nitrogens with one attached hydrogen (secondary N) is 1. The van der Waals surface area contributed by atoms with E-state index < -0.39 is 11.6 Å². The lowest BCUT2D eigenvalue weighted by atomic mass is 9.84. The van der Waals surface area contributed by atoms with Crippen LogP contribution in [0, 0.1) is 0 Å². The molecule has 43 heavy (non-hydrogen) atoms. The molecule has 0 saturated heterocycles. The van der Waals surface area contributed by atoms with Crippen LogP contribution in [0.3, 0.4) is 0 Å². The number of hydrogen-bond acceptors (Lipinski definition) is 6. The van der Waals surface area contributed by atoms with Crippen molar-refractivity contribution in [2.24, 2.45) is 4.99 Å². The zero-order valence-electron chi connectivity index (χ0n) is 24.2. The monoisotopic (exact) mass is 576 g/mol. The Morgan fingerprint density at radius 2 is 1.70 bits per heavy atom. The molecule has 4 aromatic carbocycles. The van der Waals surface area contributed by atoms with Crippen LogP contribution in [-0.4, -0.2) is 42.8 Å². The molecule has 220 valence electrons. The molecule has 2 N–H and O–H groups in total. The van der Waals surface area contributed by atoms with Gasteiger partial charge in [0, 0.05) is 31.6 Å². The van der Waals surface area contributed by atoms with Crippen LogP contribution >= 0.6 is 0 Å². The van der Waals surface area contributed by atoms with Crippen LogP contribution in [0.2, 0.25) is 0 Å². The Morgan fingerprint density at radius 3 is 2.42 bits per heavy atom. The number of aliphatic hydroxyl groups is 1. The third-order valence-electron chi connectivity index (χ3n) is 7.26. The van der Waals surface area contributed by atoms with Gasteiger partial charge in [0.25, 0.3) is 5.91 Å². The Morgan fingerprint density at radius 1 is 0.953 bits per heavy atom. The van der Waals surface area contributed by atoms with E-state index in [1.807, 2.05) is 121 Å². The largest absolute Gasteiger partial charge is 0.497 e. The number of nitrogens with zero attached hydrogens (tertiary/aromatic N) is 1. The molecule has 1 amide bonds. The van der Waals surface area contributed by atoms with Gasteiger partial charge in [-0.2, -0.15) is 0 Å². The average molecular weight is 577 g/mol. The highest BCUT2D eigenvalue weighted by Gasteiger charge is 2.52. The SMILES string of the molecule is COc1cccc([C@H]2OC(c3ccc(OCCCO)cc3)=N[C@@]2(C/C=C/c2ccccc2)C(=O)NCc2ccccc2)c1. The Kier molecular flexibility index (Phi) is 9.87. The zero-order valence-corrected chi connectivity index (χ0v) is 24.2. The summed E-state index contributed by atoms with van der Waals surface area (Å²) in [5.41, 5.74) is 2.24. The number of ether oxygens (including phenoxy) is 3. The maximum absolute atomic E-state index is 14.3. The number of aliphatic hydroxyl groups excluding tert-OH is 1. The molecule has 1 aliphatic heterocycles. The second-order valence-electron chi connectivity index (χ2n) is 10.3. The molecule has 7 heteroatoms. The predicted molar refractivity (Wildman–Crippen MR) is 168 cm³/mol. The van der Waals surface area contributed by atoms with Crippen LogP contribution in [0.5, 0.6) is 11.5 Å². The quantitative estimate of drug-likeness (QED) is 0.187. The molecule has 0 saturated carbocycles. The molecule has 1 aliphatic rings. The minimum atomic E-state index is -1.29. The van der Waals surface area contributed by atoms with Crippen molar-refractivity contribution < 1.29 is 24.1 Å². The Bertz CT molecular complexity index is 1540. The molecule has 0 bridgehead atoms. The Labute approximate surface area is 252 Å². The molecule has 2 atom stereocenters.